The molecule has 0 atom stereocenters. The van der Waals surface area contributed by atoms with Crippen molar-refractivity contribution in [1.82, 2.24) is 4.90 Å². The Kier molecular flexibility index (Phi) is 5.25. The molecule has 0 aliphatic carbocycles. The first-order chi connectivity index (χ1) is 10.1. The summed E-state index contributed by atoms with van der Waals surface area (Å²) >= 11 is 6.69. The first kappa shape index (κ1) is 15.9. The van der Waals surface area contributed by atoms with Crippen molar-refractivity contribution in [2.24, 2.45) is 0 Å². The largest absolute Gasteiger partial charge is 0.507 e. The van der Waals surface area contributed by atoms with Crippen LogP contribution in [0.4, 0.5) is 0 Å². The van der Waals surface area contributed by atoms with Gasteiger partial charge in [-0.3, -0.25) is 0 Å². The minimum atomic E-state index is -0.513. The van der Waals surface area contributed by atoms with Gasteiger partial charge in [0.2, 0.25) is 0 Å². The van der Waals surface area contributed by atoms with Crippen molar-refractivity contribution >= 4 is 39.3 Å². The SMILES string of the molecule is CCN(CC)C(=S)SCc1c(O)c2ccccc2oc1=O. The Bertz CT molecular complexity index is 708. The van der Waals surface area contributed by atoms with Gasteiger partial charge in [-0.15, -0.1) is 0 Å². The number of thiocarbonyl (C=S) groups is 1. The number of hydrogen-bond donors (Lipinski definition) is 1. The van der Waals surface area contributed by atoms with Crippen LogP contribution in [0.1, 0.15) is 19.4 Å². The molecule has 2 rings (SSSR count). The molecule has 6 heteroatoms. The van der Waals surface area contributed by atoms with Crippen molar-refractivity contribution in [3.05, 3.63) is 40.2 Å². The molecule has 0 aliphatic heterocycles. The van der Waals surface area contributed by atoms with Crippen LogP contribution in [0.2, 0.25) is 0 Å². The van der Waals surface area contributed by atoms with Crippen molar-refractivity contribution in [3.63, 3.8) is 0 Å². The summed E-state index contributed by atoms with van der Waals surface area (Å²) in [5.41, 5.74) is 0.134. The molecule has 0 saturated carbocycles. The van der Waals surface area contributed by atoms with E-state index in [0.717, 1.165) is 13.1 Å². The van der Waals surface area contributed by atoms with Crippen LogP contribution in [-0.4, -0.2) is 27.4 Å². The lowest BCUT2D eigenvalue weighted by Crippen LogP contribution is -2.26. The zero-order valence-electron chi connectivity index (χ0n) is 12.0. The molecule has 0 spiro atoms. The van der Waals surface area contributed by atoms with Crippen LogP contribution in [0.25, 0.3) is 11.0 Å². The van der Waals surface area contributed by atoms with Crippen LogP contribution in [0.3, 0.4) is 0 Å². The second-order valence-electron chi connectivity index (χ2n) is 4.44. The number of para-hydroxylation sites is 1. The monoisotopic (exact) mass is 323 g/mol. The zero-order valence-corrected chi connectivity index (χ0v) is 13.6. The molecule has 0 fully saturated rings. The quantitative estimate of drug-likeness (QED) is 0.688. The topological polar surface area (TPSA) is 53.7 Å². The van der Waals surface area contributed by atoms with E-state index in [1.807, 2.05) is 18.7 Å². The molecule has 0 aliphatic rings. The summed E-state index contributed by atoms with van der Waals surface area (Å²) in [6, 6.07) is 6.94. The highest BCUT2D eigenvalue weighted by molar-refractivity contribution is 8.22. The average molecular weight is 323 g/mol. The number of benzene rings is 1. The third-order valence-electron chi connectivity index (χ3n) is 3.24. The van der Waals surface area contributed by atoms with Gasteiger partial charge in [0.05, 0.1) is 10.9 Å². The van der Waals surface area contributed by atoms with Gasteiger partial charge in [-0.05, 0) is 26.0 Å². The van der Waals surface area contributed by atoms with E-state index in [-0.39, 0.29) is 11.3 Å². The highest BCUT2D eigenvalue weighted by Crippen LogP contribution is 2.29. The molecular weight excluding hydrogens is 306 g/mol. The maximum atomic E-state index is 12.0. The number of aromatic hydroxyl groups is 1. The first-order valence-electron chi connectivity index (χ1n) is 6.73. The predicted octanol–water partition coefficient (Wildman–Crippen LogP) is 3.36. The highest BCUT2D eigenvalue weighted by atomic mass is 32.2. The van der Waals surface area contributed by atoms with Crippen molar-refractivity contribution in [2.75, 3.05) is 13.1 Å². The smallest absolute Gasteiger partial charge is 0.344 e. The van der Waals surface area contributed by atoms with E-state index in [1.54, 1.807) is 24.3 Å². The van der Waals surface area contributed by atoms with E-state index >= 15 is 0 Å². The second kappa shape index (κ2) is 6.95. The molecule has 21 heavy (non-hydrogen) atoms. The standard InChI is InChI=1S/C15H17NO3S2/c1-3-16(4-2)15(20)21-9-11-13(17)10-7-5-6-8-12(10)19-14(11)18/h5-8,17H,3-4,9H2,1-2H3. The van der Waals surface area contributed by atoms with Crippen LogP contribution in [0, 0.1) is 0 Å². The van der Waals surface area contributed by atoms with Crippen LogP contribution in [0.5, 0.6) is 5.75 Å². The summed E-state index contributed by atoms with van der Waals surface area (Å²) in [6.45, 7) is 5.69. The Morgan fingerprint density at radius 3 is 2.67 bits per heavy atom. The van der Waals surface area contributed by atoms with Crippen molar-refractivity contribution in [1.29, 1.82) is 0 Å². The van der Waals surface area contributed by atoms with Crippen LogP contribution >= 0.6 is 24.0 Å². The molecule has 1 aromatic carbocycles. The summed E-state index contributed by atoms with van der Waals surface area (Å²) < 4.78 is 5.95. The molecule has 0 amide bonds. The summed E-state index contributed by atoms with van der Waals surface area (Å²) in [4.78, 5) is 14.0. The minimum absolute atomic E-state index is 0.0169. The second-order valence-corrected chi connectivity index (χ2v) is 6.05. The molecule has 0 unspecified atom stereocenters. The summed E-state index contributed by atoms with van der Waals surface area (Å²) in [6.07, 6.45) is 0. The molecule has 2 aromatic rings. The van der Waals surface area contributed by atoms with Crippen molar-refractivity contribution in [2.45, 2.75) is 19.6 Å². The normalized spacial score (nSPS) is 10.8. The maximum Gasteiger partial charge on any atom is 0.344 e. The van der Waals surface area contributed by atoms with Crippen LogP contribution in [0.15, 0.2) is 33.5 Å². The molecular formula is C15H17NO3S2. The fourth-order valence-corrected chi connectivity index (χ4v) is 3.40. The molecule has 0 saturated heterocycles. The minimum Gasteiger partial charge on any atom is -0.507 e. The molecule has 112 valence electrons. The third-order valence-corrected chi connectivity index (χ3v) is 4.79. The van der Waals surface area contributed by atoms with Gasteiger partial charge in [0.25, 0.3) is 0 Å². The van der Waals surface area contributed by atoms with E-state index in [2.05, 4.69) is 0 Å². The molecule has 4 nitrogen and oxygen atoms in total. The Morgan fingerprint density at radius 1 is 1.33 bits per heavy atom. The molecule has 1 N–H and O–H groups in total. The van der Waals surface area contributed by atoms with E-state index in [4.69, 9.17) is 16.6 Å². The highest BCUT2D eigenvalue weighted by Gasteiger charge is 2.15. The van der Waals surface area contributed by atoms with Crippen molar-refractivity contribution < 1.29 is 9.52 Å². The molecule has 0 bridgehead atoms. The Labute approximate surface area is 132 Å². The molecule has 0 radical (unpaired) electrons. The Balaban J connectivity index is 2.27. The number of hydrogen-bond acceptors (Lipinski definition) is 5. The fourth-order valence-electron chi connectivity index (χ4n) is 2.01. The van der Waals surface area contributed by atoms with Crippen LogP contribution < -0.4 is 5.63 Å². The van der Waals surface area contributed by atoms with Gasteiger partial charge in [0.1, 0.15) is 15.7 Å². The molecule has 1 aromatic heterocycles. The lowest BCUT2D eigenvalue weighted by Gasteiger charge is -2.20. The number of fused-ring (bicyclic) bond motifs is 1. The lowest BCUT2D eigenvalue weighted by molar-refractivity contribution is 0.460. The maximum absolute atomic E-state index is 12.0. The summed E-state index contributed by atoms with van der Waals surface area (Å²) in [5, 5.41) is 10.8. The van der Waals surface area contributed by atoms with Crippen LogP contribution in [-0.2, 0) is 5.75 Å². The van der Waals surface area contributed by atoms with Gasteiger partial charge in [-0.25, -0.2) is 4.79 Å². The zero-order chi connectivity index (χ0) is 15.4. The summed E-state index contributed by atoms with van der Waals surface area (Å²) in [7, 11) is 0. The van der Waals surface area contributed by atoms with E-state index in [1.165, 1.54) is 11.8 Å². The average Bonchev–Trinajstić information content (AvgIpc) is 2.48. The first-order valence-corrected chi connectivity index (χ1v) is 8.13. The van der Waals surface area contributed by atoms with Gasteiger partial charge >= 0.3 is 5.63 Å². The van der Waals surface area contributed by atoms with Gasteiger partial charge in [0.15, 0.2) is 0 Å². The van der Waals surface area contributed by atoms with Gasteiger partial charge in [0, 0.05) is 18.8 Å². The fraction of sp³-hybridized carbons (Fsp3) is 0.333. The van der Waals surface area contributed by atoms with Gasteiger partial charge < -0.3 is 14.4 Å². The lowest BCUT2D eigenvalue weighted by atomic mass is 10.2. The van der Waals surface area contributed by atoms with Gasteiger partial charge in [-0.1, -0.05) is 36.1 Å². The Morgan fingerprint density at radius 2 is 2.00 bits per heavy atom. The Hall–Kier alpha value is -1.53. The van der Waals surface area contributed by atoms with E-state index in [0.29, 0.717) is 21.0 Å². The number of nitrogens with zero attached hydrogens (tertiary/aromatic N) is 1. The van der Waals surface area contributed by atoms with Crippen molar-refractivity contribution in [3.8, 4) is 5.75 Å². The molecule has 1 heterocycles. The summed E-state index contributed by atoms with van der Waals surface area (Å²) in [5.74, 6) is 0.283. The van der Waals surface area contributed by atoms with Gasteiger partial charge in [-0.2, -0.15) is 0 Å². The number of rotatable bonds is 4. The van der Waals surface area contributed by atoms with E-state index in [9.17, 15) is 9.90 Å². The predicted molar refractivity (Wildman–Crippen MR) is 91.0 cm³/mol. The number of thioether (sulfide) groups is 1. The van der Waals surface area contributed by atoms with E-state index < -0.39 is 5.63 Å². The third kappa shape index (κ3) is 3.39.